The molecule has 0 fully saturated rings. The Morgan fingerprint density at radius 3 is 2.80 bits per heavy atom. The Morgan fingerprint density at radius 2 is 2.27 bits per heavy atom. The number of nitrogens with two attached hydrogens (primary N) is 1. The molecule has 1 aromatic rings. The molecule has 0 aliphatic rings. The zero-order valence-electron chi connectivity index (χ0n) is 9.82. The summed E-state index contributed by atoms with van der Waals surface area (Å²) in [5.74, 6) is 1.63. The molecule has 0 amide bonds. The maximum absolute atomic E-state index is 6.15. The molecule has 2 nitrogen and oxygen atoms in total. The van der Waals surface area contributed by atoms with Crippen molar-refractivity contribution in [1.82, 2.24) is 0 Å². The molecule has 3 heteroatoms. The van der Waals surface area contributed by atoms with E-state index in [1.807, 2.05) is 11.4 Å². The Labute approximate surface area is 96.4 Å². The van der Waals surface area contributed by atoms with Gasteiger partial charge < -0.3 is 10.5 Å². The normalized spacial score (nSPS) is 14.9. The van der Waals surface area contributed by atoms with Crippen molar-refractivity contribution in [2.75, 3.05) is 7.11 Å². The van der Waals surface area contributed by atoms with E-state index in [9.17, 15) is 0 Å². The van der Waals surface area contributed by atoms with Crippen molar-refractivity contribution in [2.45, 2.75) is 39.2 Å². The Balaban J connectivity index is 2.49. The molecule has 0 saturated heterocycles. The second-order valence-corrected chi connectivity index (χ2v) is 5.07. The summed E-state index contributed by atoms with van der Waals surface area (Å²) < 4.78 is 5.15. The standard InChI is InChI=1S/C12H21NOS/c1-4-5-9(2)6-11(13)12-7-10(14-3)8-15-12/h7-9,11H,4-6,13H2,1-3H3. The van der Waals surface area contributed by atoms with E-state index in [4.69, 9.17) is 10.5 Å². The van der Waals surface area contributed by atoms with Gasteiger partial charge in [0.15, 0.2) is 0 Å². The minimum atomic E-state index is 0.167. The average molecular weight is 227 g/mol. The maximum Gasteiger partial charge on any atom is 0.129 e. The van der Waals surface area contributed by atoms with Crippen LogP contribution in [0.25, 0.3) is 0 Å². The Morgan fingerprint density at radius 1 is 1.53 bits per heavy atom. The molecular weight excluding hydrogens is 206 g/mol. The van der Waals surface area contributed by atoms with Crippen LogP contribution in [0.15, 0.2) is 11.4 Å². The predicted octanol–water partition coefficient (Wildman–Crippen LogP) is 3.58. The molecular formula is C12H21NOS. The minimum absolute atomic E-state index is 0.167. The molecule has 2 unspecified atom stereocenters. The van der Waals surface area contributed by atoms with E-state index >= 15 is 0 Å². The maximum atomic E-state index is 6.15. The van der Waals surface area contributed by atoms with Crippen LogP contribution < -0.4 is 10.5 Å². The van der Waals surface area contributed by atoms with E-state index in [2.05, 4.69) is 13.8 Å². The molecule has 86 valence electrons. The molecule has 1 aromatic heterocycles. The van der Waals surface area contributed by atoms with Gasteiger partial charge in [0.2, 0.25) is 0 Å². The molecule has 0 spiro atoms. The molecule has 15 heavy (non-hydrogen) atoms. The molecule has 0 radical (unpaired) electrons. The summed E-state index contributed by atoms with van der Waals surface area (Å²) in [6, 6.07) is 2.22. The molecule has 2 atom stereocenters. The lowest BCUT2D eigenvalue weighted by Crippen LogP contribution is -2.12. The van der Waals surface area contributed by atoms with Crippen LogP contribution in [0.4, 0.5) is 0 Å². The number of hydrogen-bond donors (Lipinski definition) is 1. The van der Waals surface area contributed by atoms with Crippen LogP contribution >= 0.6 is 11.3 Å². The number of rotatable bonds is 6. The predicted molar refractivity (Wildman–Crippen MR) is 66.5 cm³/mol. The quantitative estimate of drug-likeness (QED) is 0.806. The molecule has 1 heterocycles. The summed E-state index contributed by atoms with van der Waals surface area (Å²) in [7, 11) is 1.69. The van der Waals surface area contributed by atoms with Crippen molar-refractivity contribution in [3.63, 3.8) is 0 Å². The summed E-state index contributed by atoms with van der Waals surface area (Å²) in [6.45, 7) is 4.49. The third-order valence-electron chi connectivity index (χ3n) is 2.63. The van der Waals surface area contributed by atoms with E-state index in [0.717, 1.165) is 12.2 Å². The first-order chi connectivity index (χ1) is 7.17. The third kappa shape index (κ3) is 3.84. The summed E-state index contributed by atoms with van der Waals surface area (Å²) in [4.78, 5) is 1.23. The van der Waals surface area contributed by atoms with Gasteiger partial charge in [-0.2, -0.15) is 0 Å². The van der Waals surface area contributed by atoms with E-state index in [1.165, 1.54) is 17.7 Å². The van der Waals surface area contributed by atoms with Crippen LogP contribution in [0, 0.1) is 5.92 Å². The largest absolute Gasteiger partial charge is 0.496 e. The van der Waals surface area contributed by atoms with Crippen molar-refractivity contribution in [3.05, 3.63) is 16.3 Å². The van der Waals surface area contributed by atoms with E-state index in [0.29, 0.717) is 5.92 Å². The van der Waals surface area contributed by atoms with Crippen LogP contribution in [0.3, 0.4) is 0 Å². The SMILES string of the molecule is CCCC(C)CC(N)c1cc(OC)cs1. The summed E-state index contributed by atoms with van der Waals surface area (Å²) >= 11 is 1.69. The second kappa shape index (κ2) is 6.13. The lowest BCUT2D eigenvalue weighted by Gasteiger charge is -2.15. The molecule has 0 aliphatic heterocycles. The number of thiophene rings is 1. The topological polar surface area (TPSA) is 35.2 Å². The van der Waals surface area contributed by atoms with Gasteiger partial charge in [-0.25, -0.2) is 0 Å². The average Bonchev–Trinajstić information content (AvgIpc) is 2.66. The molecule has 0 aromatic carbocycles. The van der Waals surface area contributed by atoms with Crippen molar-refractivity contribution in [2.24, 2.45) is 11.7 Å². The van der Waals surface area contributed by atoms with E-state index in [-0.39, 0.29) is 6.04 Å². The number of ether oxygens (including phenoxy) is 1. The first-order valence-corrected chi connectivity index (χ1v) is 6.43. The Kier molecular flexibility index (Phi) is 5.12. The zero-order chi connectivity index (χ0) is 11.3. The highest BCUT2D eigenvalue weighted by Crippen LogP contribution is 2.29. The van der Waals surface area contributed by atoms with Gasteiger partial charge in [-0.05, 0) is 18.4 Å². The summed E-state index contributed by atoms with van der Waals surface area (Å²) in [5, 5.41) is 2.01. The monoisotopic (exact) mass is 227 g/mol. The van der Waals surface area contributed by atoms with Crippen LogP contribution in [-0.2, 0) is 0 Å². The Hall–Kier alpha value is -0.540. The van der Waals surface area contributed by atoms with Gasteiger partial charge in [0.1, 0.15) is 5.75 Å². The molecule has 0 saturated carbocycles. The van der Waals surface area contributed by atoms with Crippen LogP contribution in [0.1, 0.15) is 44.0 Å². The van der Waals surface area contributed by atoms with Gasteiger partial charge in [-0.15, -0.1) is 11.3 Å². The van der Waals surface area contributed by atoms with Gasteiger partial charge >= 0.3 is 0 Å². The van der Waals surface area contributed by atoms with Crippen LogP contribution in [0.2, 0.25) is 0 Å². The lowest BCUT2D eigenvalue weighted by molar-refractivity contribution is 0.414. The number of hydrogen-bond acceptors (Lipinski definition) is 3. The fraction of sp³-hybridized carbons (Fsp3) is 0.667. The minimum Gasteiger partial charge on any atom is -0.496 e. The van der Waals surface area contributed by atoms with Gasteiger partial charge in [0, 0.05) is 16.3 Å². The van der Waals surface area contributed by atoms with E-state index < -0.39 is 0 Å². The van der Waals surface area contributed by atoms with Crippen molar-refractivity contribution in [1.29, 1.82) is 0 Å². The van der Waals surface area contributed by atoms with Crippen molar-refractivity contribution >= 4 is 11.3 Å². The third-order valence-corrected chi connectivity index (χ3v) is 3.68. The fourth-order valence-electron chi connectivity index (χ4n) is 1.80. The van der Waals surface area contributed by atoms with Crippen LogP contribution in [0.5, 0.6) is 5.75 Å². The fourth-order valence-corrected chi connectivity index (χ4v) is 2.67. The first-order valence-electron chi connectivity index (χ1n) is 5.55. The van der Waals surface area contributed by atoms with Crippen LogP contribution in [-0.4, -0.2) is 7.11 Å². The smallest absolute Gasteiger partial charge is 0.129 e. The first kappa shape index (κ1) is 12.5. The summed E-state index contributed by atoms with van der Waals surface area (Å²) in [6.07, 6.45) is 3.56. The Bertz CT molecular complexity index is 285. The van der Waals surface area contributed by atoms with Crippen molar-refractivity contribution < 1.29 is 4.74 Å². The lowest BCUT2D eigenvalue weighted by atomic mass is 9.97. The molecule has 1 rings (SSSR count). The summed E-state index contributed by atoms with van der Waals surface area (Å²) in [5.41, 5.74) is 6.15. The van der Waals surface area contributed by atoms with E-state index in [1.54, 1.807) is 18.4 Å². The van der Waals surface area contributed by atoms with Gasteiger partial charge in [0.05, 0.1) is 7.11 Å². The highest BCUT2D eigenvalue weighted by atomic mass is 32.1. The second-order valence-electron chi connectivity index (χ2n) is 4.12. The van der Waals surface area contributed by atoms with Gasteiger partial charge in [-0.3, -0.25) is 0 Å². The highest BCUT2D eigenvalue weighted by molar-refractivity contribution is 7.10. The zero-order valence-corrected chi connectivity index (χ0v) is 10.6. The molecule has 0 bridgehead atoms. The molecule has 2 N–H and O–H groups in total. The highest BCUT2D eigenvalue weighted by Gasteiger charge is 2.12. The van der Waals surface area contributed by atoms with Gasteiger partial charge in [0.25, 0.3) is 0 Å². The molecule has 0 aliphatic carbocycles. The number of methoxy groups -OCH3 is 1. The van der Waals surface area contributed by atoms with Crippen molar-refractivity contribution in [3.8, 4) is 5.75 Å². The van der Waals surface area contributed by atoms with Gasteiger partial charge in [-0.1, -0.05) is 26.7 Å².